The molecule has 5 rings (SSSR count). The fourth-order valence-electron chi connectivity index (χ4n) is 3.97. The topological polar surface area (TPSA) is 75.7 Å². The fraction of sp³-hybridized carbons (Fsp3) is 0.0690. The van der Waals surface area contributed by atoms with Gasteiger partial charge in [0.25, 0.3) is 11.1 Å². The monoisotopic (exact) mass is 596 g/mol. The summed E-state index contributed by atoms with van der Waals surface area (Å²) in [5.74, 6) is -0.832. The van der Waals surface area contributed by atoms with Crippen molar-refractivity contribution in [3.63, 3.8) is 0 Å². The number of rotatable bonds is 7. The van der Waals surface area contributed by atoms with Crippen molar-refractivity contribution in [3.05, 3.63) is 110 Å². The summed E-state index contributed by atoms with van der Waals surface area (Å²) in [6.07, 6.45) is 1.50. The Morgan fingerprint density at radius 3 is 2.31 bits per heavy atom. The van der Waals surface area contributed by atoms with E-state index >= 15 is 0 Å². The van der Waals surface area contributed by atoms with E-state index < -0.39 is 23.6 Å². The van der Waals surface area contributed by atoms with Gasteiger partial charge in [0.2, 0.25) is 5.91 Å². The van der Waals surface area contributed by atoms with Crippen molar-refractivity contribution in [2.45, 2.75) is 6.61 Å². The summed E-state index contributed by atoms with van der Waals surface area (Å²) >= 11 is 19.7. The zero-order chi connectivity index (χ0) is 27.5. The Morgan fingerprint density at radius 2 is 1.56 bits per heavy atom. The molecule has 4 aromatic rings. The van der Waals surface area contributed by atoms with Gasteiger partial charge in [-0.3, -0.25) is 19.3 Å². The lowest BCUT2D eigenvalue weighted by atomic mass is 10.1. The second-order valence-corrected chi connectivity index (χ2v) is 10.8. The highest BCUT2D eigenvalue weighted by Crippen LogP contribution is 2.38. The third-order valence-electron chi connectivity index (χ3n) is 5.84. The Balaban J connectivity index is 1.26. The van der Waals surface area contributed by atoms with E-state index in [0.717, 1.165) is 33.0 Å². The highest BCUT2D eigenvalue weighted by atomic mass is 35.5. The van der Waals surface area contributed by atoms with Crippen molar-refractivity contribution < 1.29 is 19.1 Å². The molecule has 1 N–H and O–H groups in total. The van der Waals surface area contributed by atoms with Gasteiger partial charge in [0.1, 0.15) is 13.2 Å². The number of fused-ring (bicyclic) bond motifs is 1. The number of nitrogens with zero attached hydrogens (tertiary/aromatic N) is 1. The van der Waals surface area contributed by atoms with Crippen LogP contribution in [0.15, 0.2) is 83.8 Å². The van der Waals surface area contributed by atoms with E-state index in [-0.39, 0.29) is 21.6 Å². The first kappa shape index (κ1) is 27.1. The third kappa shape index (κ3) is 6.23. The Bertz CT molecular complexity index is 1630. The average molecular weight is 598 g/mol. The normalized spacial score (nSPS) is 14.3. The van der Waals surface area contributed by atoms with Crippen molar-refractivity contribution >= 4 is 86.2 Å². The van der Waals surface area contributed by atoms with E-state index in [1.54, 1.807) is 36.4 Å². The number of carbonyl (C=O) groups excluding carboxylic acids is 3. The molecule has 0 atom stereocenters. The molecule has 0 spiro atoms. The van der Waals surface area contributed by atoms with E-state index in [1.807, 2.05) is 42.5 Å². The Morgan fingerprint density at radius 1 is 0.872 bits per heavy atom. The van der Waals surface area contributed by atoms with Gasteiger partial charge in [0.05, 0.1) is 25.7 Å². The minimum absolute atomic E-state index is 0.141. The van der Waals surface area contributed by atoms with Crippen LogP contribution in [0.2, 0.25) is 15.1 Å². The molecule has 4 aromatic carbocycles. The zero-order valence-electron chi connectivity index (χ0n) is 20.1. The molecule has 0 aromatic heterocycles. The van der Waals surface area contributed by atoms with Crippen LogP contribution in [0.4, 0.5) is 10.5 Å². The van der Waals surface area contributed by atoms with E-state index in [4.69, 9.17) is 39.5 Å². The van der Waals surface area contributed by atoms with E-state index in [1.165, 1.54) is 6.08 Å². The van der Waals surface area contributed by atoms with Crippen LogP contribution in [0, 0.1) is 0 Å². The first-order valence-electron chi connectivity index (χ1n) is 11.7. The Labute approximate surface area is 243 Å². The summed E-state index contributed by atoms with van der Waals surface area (Å²) in [5.41, 5.74) is 1.85. The number of para-hydroxylation sites is 1. The number of thioether (sulfide) groups is 1. The molecule has 0 radical (unpaired) electrons. The fourth-order valence-corrected chi connectivity index (χ4v) is 5.60. The number of carbonyl (C=O) groups is 3. The predicted octanol–water partition coefficient (Wildman–Crippen LogP) is 8.05. The van der Waals surface area contributed by atoms with Crippen molar-refractivity contribution in [3.8, 4) is 5.75 Å². The van der Waals surface area contributed by atoms with Gasteiger partial charge < -0.3 is 10.1 Å². The Hall–Kier alpha value is -3.49. The lowest BCUT2D eigenvalue weighted by molar-refractivity contribution is -0.127. The van der Waals surface area contributed by atoms with Crippen LogP contribution in [0.1, 0.15) is 11.1 Å². The van der Waals surface area contributed by atoms with Crippen LogP contribution in [0.3, 0.4) is 0 Å². The van der Waals surface area contributed by atoms with Crippen LogP contribution in [-0.2, 0) is 16.2 Å². The SMILES string of the molecule is O=C(CN1C(=O)S/C(=C/c2cc(Cl)c(OCc3ccc4ccccc4c3)c(Cl)c2)C1=O)Nc1ccccc1Cl. The van der Waals surface area contributed by atoms with Gasteiger partial charge in [-0.2, -0.15) is 0 Å². The van der Waals surface area contributed by atoms with Crippen LogP contribution in [-0.4, -0.2) is 28.5 Å². The maximum absolute atomic E-state index is 12.9. The summed E-state index contributed by atoms with van der Waals surface area (Å²) in [6.45, 7) is -0.185. The van der Waals surface area contributed by atoms with Crippen LogP contribution in [0.5, 0.6) is 5.75 Å². The van der Waals surface area contributed by atoms with Crippen molar-refractivity contribution in [2.75, 3.05) is 11.9 Å². The number of benzene rings is 4. The minimum atomic E-state index is -0.594. The molecule has 39 heavy (non-hydrogen) atoms. The van der Waals surface area contributed by atoms with Gasteiger partial charge in [0, 0.05) is 0 Å². The highest BCUT2D eigenvalue weighted by Gasteiger charge is 2.36. The summed E-state index contributed by atoms with van der Waals surface area (Å²) in [7, 11) is 0. The zero-order valence-corrected chi connectivity index (χ0v) is 23.2. The predicted molar refractivity (Wildman–Crippen MR) is 158 cm³/mol. The molecule has 1 aliphatic rings. The molecule has 0 aliphatic carbocycles. The van der Waals surface area contributed by atoms with Crippen molar-refractivity contribution in [2.24, 2.45) is 0 Å². The quantitative estimate of drug-likeness (QED) is 0.218. The van der Waals surface area contributed by atoms with Crippen LogP contribution < -0.4 is 10.1 Å². The number of hydrogen-bond donors (Lipinski definition) is 1. The first-order valence-corrected chi connectivity index (χ1v) is 13.6. The largest absolute Gasteiger partial charge is 0.486 e. The van der Waals surface area contributed by atoms with Gasteiger partial charge >= 0.3 is 0 Å². The van der Waals surface area contributed by atoms with Gasteiger partial charge in [0.15, 0.2) is 5.75 Å². The maximum Gasteiger partial charge on any atom is 0.294 e. The number of halogens is 3. The first-order chi connectivity index (χ1) is 18.8. The number of ether oxygens (including phenoxy) is 1. The van der Waals surface area contributed by atoms with Gasteiger partial charge in [-0.15, -0.1) is 0 Å². The van der Waals surface area contributed by atoms with E-state index in [9.17, 15) is 14.4 Å². The highest BCUT2D eigenvalue weighted by molar-refractivity contribution is 8.18. The Kier molecular flexibility index (Phi) is 8.14. The van der Waals surface area contributed by atoms with Crippen LogP contribution in [0.25, 0.3) is 16.8 Å². The van der Waals surface area contributed by atoms with Crippen molar-refractivity contribution in [1.82, 2.24) is 4.90 Å². The standard InChI is InChI=1S/C29H19Cl3N2O4S/c30-21-7-3-4-8-24(21)33-26(35)15-34-28(36)25(39-29(34)37)14-18-12-22(31)27(23(32)13-18)38-16-17-9-10-19-5-1-2-6-20(19)11-17/h1-14H,15-16H2,(H,33,35)/b25-14+. The summed E-state index contributed by atoms with van der Waals surface area (Å²) in [4.78, 5) is 38.8. The second kappa shape index (κ2) is 11.7. The summed E-state index contributed by atoms with van der Waals surface area (Å²) in [6, 6.07) is 23.9. The lowest BCUT2D eigenvalue weighted by Crippen LogP contribution is -2.36. The minimum Gasteiger partial charge on any atom is -0.486 e. The molecule has 1 saturated heterocycles. The van der Waals surface area contributed by atoms with E-state index in [2.05, 4.69) is 5.32 Å². The molecule has 196 valence electrons. The molecule has 0 bridgehead atoms. The number of imide groups is 1. The molecule has 3 amide bonds. The molecule has 1 heterocycles. The molecular formula is C29H19Cl3N2O4S. The maximum atomic E-state index is 12.9. The molecule has 0 unspecified atom stereocenters. The average Bonchev–Trinajstić information content (AvgIpc) is 3.16. The summed E-state index contributed by atoms with van der Waals surface area (Å²) in [5, 5.41) is 5.13. The van der Waals surface area contributed by atoms with Gasteiger partial charge in [-0.1, -0.05) is 83.3 Å². The molecule has 1 aliphatic heterocycles. The smallest absolute Gasteiger partial charge is 0.294 e. The van der Waals surface area contributed by atoms with Crippen LogP contribution >= 0.6 is 46.6 Å². The van der Waals surface area contributed by atoms with Crippen molar-refractivity contribution in [1.29, 1.82) is 0 Å². The number of amides is 3. The van der Waals surface area contributed by atoms with Gasteiger partial charge in [-0.25, -0.2) is 0 Å². The summed E-state index contributed by atoms with van der Waals surface area (Å²) < 4.78 is 5.91. The molecule has 6 nitrogen and oxygen atoms in total. The number of nitrogens with one attached hydrogen (secondary N) is 1. The van der Waals surface area contributed by atoms with E-state index in [0.29, 0.717) is 22.0 Å². The molecular weight excluding hydrogens is 579 g/mol. The lowest BCUT2D eigenvalue weighted by Gasteiger charge is -2.13. The molecule has 10 heteroatoms. The third-order valence-corrected chi connectivity index (χ3v) is 7.64. The number of hydrogen-bond acceptors (Lipinski definition) is 5. The number of anilines is 1. The van der Waals surface area contributed by atoms with Gasteiger partial charge in [-0.05, 0) is 70.1 Å². The second-order valence-electron chi connectivity index (χ2n) is 8.58. The molecule has 0 saturated carbocycles. The molecule has 1 fully saturated rings.